The number of alkyl halides is 2. The van der Waals surface area contributed by atoms with E-state index in [1.807, 2.05) is 0 Å². The average molecular weight is 246 g/mol. The zero-order chi connectivity index (χ0) is 13.0. The van der Waals surface area contributed by atoms with E-state index in [0.717, 1.165) is 6.20 Å². The number of hydrogen-bond donors (Lipinski definition) is 2. The van der Waals surface area contributed by atoms with Crippen LogP contribution in [-0.4, -0.2) is 22.7 Å². The largest absolute Gasteiger partial charge is 0.504 e. The molecule has 0 saturated carbocycles. The summed E-state index contributed by atoms with van der Waals surface area (Å²) in [7, 11) is 0. The molecule has 1 rings (SSSR count). The van der Waals surface area contributed by atoms with Crippen molar-refractivity contribution in [3.63, 3.8) is 0 Å². The minimum Gasteiger partial charge on any atom is -0.504 e. The molecule has 0 aliphatic heterocycles. The van der Waals surface area contributed by atoms with Gasteiger partial charge in [0.1, 0.15) is 5.69 Å². The van der Waals surface area contributed by atoms with E-state index in [1.165, 1.54) is 0 Å². The first kappa shape index (κ1) is 13.1. The molecule has 1 aromatic rings. The fraction of sp³-hybridized carbons (Fsp3) is 0.400. The molecular formula is C10H12F2N2O3. The van der Waals surface area contributed by atoms with Crippen molar-refractivity contribution in [1.82, 2.24) is 4.98 Å². The standard InChI is InChI=1S/C10H12F2N2O3/c1-2-17-6(15)3-5-4-14-8(10(11)12)9(16)7(5)13/h4,10,16H,2-3H2,1H3,(H2,13,14). The van der Waals surface area contributed by atoms with Crippen LogP contribution in [0.3, 0.4) is 0 Å². The summed E-state index contributed by atoms with van der Waals surface area (Å²) < 4.78 is 29.4. The maximum atomic E-state index is 12.4. The quantitative estimate of drug-likeness (QED) is 0.784. The minimum absolute atomic E-state index is 0.158. The Kier molecular flexibility index (Phi) is 4.19. The molecule has 0 fully saturated rings. The number of nitrogens with two attached hydrogens (primary N) is 1. The maximum absolute atomic E-state index is 12.4. The summed E-state index contributed by atoms with van der Waals surface area (Å²) in [5.41, 5.74) is 4.52. The molecule has 0 atom stereocenters. The molecule has 1 aromatic heterocycles. The topological polar surface area (TPSA) is 85.4 Å². The van der Waals surface area contributed by atoms with Gasteiger partial charge in [0, 0.05) is 11.8 Å². The van der Waals surface area contributed by atoms with Crippen molar-refractivity contribution in [2.24, 2.45) is 0 Å². The third kappa shape index (κ3) is 3.02. The van der Waals surface area contributed by atoms with Gasteiger partial charge in [0.15, 0.2) is 5.75 Å². The lowest BCUT2D eigenvalue weighted by Gasteiger charge is -2.09. The number of hydrogen-bond acceptors (Lipinski definition) is 5. The molecule has 0 aliphatic rings. The monoisotopic (exact) mass is 246 g/mol. The lowest BCUT2D eigenvalue weighted by molar-refractivity contribution is -0.142. The van der Waals surface area contributed by atoms with Crippen LogP contribution in [-0.2, 0) is 16.0 Å². The van der Waals surface area contributed by atoms with Gasteiger partial charge in [-0.3, -0.25) is 9.78 Å². The van der Waals surface area contributed by atoms with Crippen molar-refractivity contribution in [3.8, 4) is 5.75 Å². The van der Waals surface area contributed by atoms with Crippen LogP contribution in [0.25, 0.3) is 0 Å². The van der Waals surface area contributed by atoms with E-state index >= 15 is 0 Å². The summed E-state index contributed by atoms with van der Waals surface area (Å²) in [5.74, 6) is -1.35. The van der Waals surface area contributed by atoms with Gasteiger partial charge in [-0.1, -0.05) is 0 Å². The highest BCUT2D eigenvalue weighted by Gasteiger charge is 2.20. The van der Waals surface area contributed by atoms with Crippen LogP contribution < -0.4 is 5.73 Å². The maximum Gasteiger partial charge on any atom is 0.310 e. The summed E-state index contributed by atoms with van der Waals surface area (Å²) >= 11 is 0. The number of rotatable bonds is 4. The van der Waals surface area contributed by atoms with E-state index in [9.17, 15) is 18.7 Å². The smallest absolute Gasteiger partial charge is 0.310 e. The first-order valence-corrected chi connectivity index (χ1v) is 4.87. The van der Waals surface area contributed by atoms with Gasteiger partial charge < -0.3 is 15.6 Å². The van der Waals surface area contributed by atoms with Gasteiger partial charge in [0.2, 0.25) is 0 Å². The molecule has 0 saturated heterocycles. The molecule has 0 spiro atoms. The van der Waals surface area contributed by atoms with Gasteiger partial charge in [-0.25, -0.2) is 8.78 Å². The second-order valence-corrected chi connectivity index (χ2v) is 3.21. The minimum atomic E-state index is -2.92. The molecule has 94 valence electrons. The van der Waals surface area contributed by atoms with Gasteiger partial charge in [-0.05, 0) is 6.92 Å². The normalized spacial score (nSPS) is 10.6. The van der Waals surface area contributed by atoms with Gasteiger partial charge in [0.05, 0.1) is 18.7 Å². The van der Waals surface area contributed by atoms with Gasteiger partial charge in [0.25, 0.3) is 6.43 Å². The van der Waals surface area contributed by atoms with Crippen LogP contribution in [0, 0.1) is 0 Å². The van der Waals surface area contributed by atoms with Crippen molar-refractivity contribution in [3.05, 3.63) is 17.5 Å². The van der Waals surface area contributed by atoms with Gasteiger partial charge in [-0.2, -0.15) is 0 Å². The Bertz CT molecular complexity index is 424. The zero-order valence-electron chi connectivity index (χ0n) is 9.11. The van der Waals surface area contributed by atoms with E-state index in [1.54, 1.807) is 6.92 Å². The number of esters is 1. The highest BCUT2D eigenvalue weighted by atomic mass is 19.3. The van der Waals surface area contributed by atoms with E-state index in [0.29, 0.717) is 0 Å². The van der Waals surface area contributed by atoms with Crippen LogP contribution in [0.2, 0.25) is 0 Å². The summed E-state index contributed by atoms with van der Waals surface area (Å²) in [6.07, 6.45) is -2.11. The van der Waals surface area contributed by atoms with E-state index < -0.39 is 23.8 Å². The molecule has 0 unspecified atom stereocenters. The number of nitrogens with zero attached hydrogens (tertiary/aromatic N) is 1. The second-order valence-electron chi connectivity index (χ2n) is 3.21. The fourth-order valence-corrected chi connectivity index (χ4v) is 1.24. The Morgan fingerprint density at radius 3 is 2.82 bits per heavy atom. The Hall–Kier alpha value is -1.92. The van der Waals surface area contributed by atoms with E-state index in [2.05, 4.69) is 9.72 Å². The number of carbonyl (C=O) groups is 1. The number of ether oxygens (including phenoxy) is 1. The van der Waals surface area contributed by atoms with Crippen LogP contribution in [0.15, 0.2) is 6.20 Å². The number of nitrogen functional groups attached to an aromatic ring is 1. The average Bonchev–Trinajstić information content (AvgIpc) is 2.25. The fourth-order valence-electron chi connectivity index (χ4n) is 1.24. The number of pyridine rings is 1. The van der Waals surface area contributed by atoms with E-state index in [-0.39, 0.29) is 24.3 Å². The number of anilines is 1. The molecule has 0 aliphatic carbocycles. The third-order valence-electron chi connectivity index (χ3n) is 2.05. The predicted molar refractivity (Wildman–Crippen MR) is 55.6 cm³/mol. The Morgan fingerprint density at radius 1 is 1.65 bits per heavy atom. The van der Waals surface area contributed by atoms with Gasteiger partial charge >= 0.3 is 5.97 Å². The molecule has 0 amide bonds. The number of halogens is 2. The third-order valence-corrected chi connectivity index (χ3v) is 2.05. The second kappa shape index (κ2) is 5.42. The summed E-state index contributed by atoms with van der Waals surface area (Å²) in [6.45, 7) is 1.84. The SMILES string of the molecule is CCOC(=O)Cc1cnc(C(F)F)c(O)c1N. The van der Waals surface area contributed by atoms with Crippen molar-refractivity contribution >= 4 is 11.7 Å². The molecule has 3 N–H and O–H groups in total. The summed E-state index contributed by atoms with van der Waals surface area (Å²) in [4.78, 5) is 14.5. The van der Waals surface area contributed by atoms with Crippen LogP contribution in [0.5, 0.6) is 5.75 Å². The number of aromatic hydroxyl groups is 1. The molecular weight excluding hydrogens is 234 g/mol. The van der Waals surface area contributed by atoms with Crippen molar-refractivity contribution in [2.75, 3.05) is 12.3 Å². The van der Waals surface area contributed by atoms with Crippen molar-refractivity contribution in [2.45, 2.75) is 19.8 Å². The summed E-state index contributed by atoms with van der Waals surface area (Å²) in [6, 6.07) is 0. The first-order valence-electron chi connectivity index (χ1n) is 4.87. The molecule has 0 bridgehead atoms. The lowest BCUT2D eigenvalue weighted by Crippen LogP contribution is -2.10. The molecule has 17 heavy (non-hydrogen) atoms. The highest BCUT2D eigenvalue weighted by molar-refractivity contribution is 5.76. The Labute approximate surface area is 96.2 Å². The van der Waals surface area contributed by atoms with Crippen LogP contribution in [0.4, 0.5) is 14.5 Å². The molecule has 1 heterocycles. The molecule has 7 heteroatoms. The van der Waals surface area contributed by atoms with Crippen LogP contribution in [0.1, 0.15) is 24.6 Å². The molecule has 5 nitrogen and oxygen atoms in total. The van der Waals surface area contributed by atoms with Gasteiger partial charge in [-0.15, -0.1) is 0 Å². The first-order chi connectivity index (χ1) is 7.97. The van der Waals surface area contributed by atoms with Crippen molar-refractivity contribution < 1.29 is 23.4 Å². The number of aromatic nitrogens is 1. The molecule has 0 aromatic carbocycles. The van der Waals surface area contributed by atoms with E-state index in [4.69, 9.17) is 5.73 Å². The summed E-state index contributed by atoms with van der Waals surface area (Å²) in [5, 5.41) is 9.37. The highest BCUT2D eigenvalue weighted by Crippen LogP contribution is 2.33. The Balaban J connectivity index is 2.96. The lowest BCUT2D eigenvalue weighted by atomic mass is 10.1. The number of carbonyl (C=O) groups excluding carboxylic acids is 1. The van der Waals surface area contributed by atoms with Crippen LogP contribution >= 0.6 is 0 Å². The molecule has 0 radical (unpaired) electrons. The zero-order valence-corrected chi connectivity index (χ0v) is 9.11. The predicted octanol–water partition coefficient (Wildman–Crippen LogP) is 1.41. The Morgan fingerprint density at radius 2 is 2.29 bits per heavy atom. The van der Waals surface area contributed by atoms with Crippen molar-refractivity contribution in [1.29, 1.82) is 0 Å².